The lowest BCUT2D eigenvalue weighted by Gasteiger charge is -2.14. The highest BCUT2D eigenvalue weighted by Gasteiger charge is 2.14. The number of hydrogen-bond acceptors (Lipinski definition) is 7. The van der Waals surface area contributed by atoms with Gasteiger partial charge in [0.25, 0.3) is 0 Å². The second-order valence-electron chi connectivity index (χ2n) is 8.34. The standard InChI is InChI=1S/C28H28N4O6/c1-36-25-16-21-23(17-26(25)37-15-5-8-22(29)27(33)34)30-14-13-24(21)38-20-11-9-19(10-12-20)32-28(35)31-18-6-3-2-4-7-18/h2-4,6-7,9-14,16-17,22H,5,8,15,29H2,1H3,(H,33,34)(H2,31,32,35). The molecule has 0 aliphatic rings. The summed E-state index contributed by atoms with van der Waals surface area (Å²) in [6.07, 6.45) is 2.40. The molecule has 1 unspecified atom stereocenters. The highest BCUT2D eigenvalue weighted by atomic mass is 16.5. The van der Waals surface area contributed by atoms with Crippen molar-refractivity contribution in [1.82, 2.24) is 4.98 Å². The summed E-state index contributed by atoms with van der Waals surface area (Å²) in [6.45, 7) is 0.281. The van der Waals surface area contributed by atoms with Gasteiger partial charge < -0.3 is 35.7 Å². The van der Waals surface area contributed by atoms with Gasteiger partial charge >= 0.3 is 12.0 Å². The Hall–Kier alpha value is -4.83. The van der Waals surface area contributed by atoms with E-state index in [1.165, 1.54) is 7.11 Å². The van der Waals surface area contributed by atoms with Gasteiger partial charge in [0.15, 0.2) is 11.5 Å². The Morgan fingerprint density at radius 2 is 1.66 bits per heavy atom. The third-order valence-corrected chi connectivity index (χ3v) is 5.59. The summed E-state index contributed by atoms with van der Waals surface area (Å²) in [5.41, 5.74) is 7.48. The van der Waals surface area contributed by atoms with Gasteiger partial charge in [0, 0.05) is 29.0 Å². The number of fused-ring (bicyclic) bond motifs is 1. The third kappa shape index (κ3) is 6.89. The van der Waals surface area contributed by atoms with Gasteiger partial charge in [-0.2, -0.15) is 0 Å². The maximum atomic E-state index is 12.2. The molecule has 0 spiro atoms. The number of urea groups is 1. The minimum atomic E-state index is -1.04. The van der Waals surface area contributed by atoms with Crippen LogP contribution < -0.4 is 30.6 Å². The number of nitrogens with zero attached hydrogens (tertiary/aromatic N) is 1. The molecule has 0 bridgehead atoms. The number of rotatable bonds is 11. The summed E-state index contributed by atoms with van der Waals surface area (Å²) in [7, 11) is 1.53. The Balaban J connectivity index is 1.42. The SMILES string of the molecule is COc1cc2c(Oc3ccc(NC(=O)Nc4ccccc4)cc3)ccnc2cc1OCCCC(N)C(=O)O. The van der Waals surface area contributed by atoms with Crippen LogP contribution in [0.5, 0.6) is 23.0 Å². The number of carbonyl (C=O) groups excluding carboxylic acids is 1. The van der Waals surface area contributed by atoms with Crippen molar-refractivity contribution in [1.29, 1.82) is 0 Å². The van der Waals surface area contributed by atoms with Gasteiger partial charge in [0.2, 0.25) is 0 Å². The molecule has 4 rings (SSSR count). The van der Waals surface area contributed by atoms with Crippen molar-refractivity contribution in [3.8, 4) is 23.0 Å². The molecule has 10 heteroatoms. The third-order valence-electron chi connectivity index (χ3n) is 5.59. The molecule has 38 heavy (non-hydrogen) atoms. The number of aromatic nitrogens is 1. The molecule has 196 valence electrons. The number of aliphatic carboxylic acids is 1. The fourth-order valence-corrected chi connectivity index (χ4v) is 3.65. The fourth-order valence-electron chi connectivity index (χ4n) is 3.65. The minimum absolute atomic E-state index is 0.281. The topological polar surface area (TPSA) is 145 Å². The largest absolute Gasteiger partial charge is 0.493 e. The zero-order chi connectivity index (χ0) is 26.9. The predicted octanol–water partition coefficient (Wildman–Crippen LogP) is 5.25. The molecular formula is C28H28N4O6. The quantitative estimate of drug-likeness (QED) is 0.198. The minimum Gasteiger partial charge on any atom is -0.493 e. The summed E-state index contributed by atoms with van der Waals surface area (Å²) < 4.78 is 17.4. The van der Waals surface area contributed by atoms with Crippen LogP contribution in [0.3, 0.4) is 0 Å². The number of pyridine rings is 1. The number of carboxylic acid groups (broad SMARTS) is 1. The molecule has 0 radical (unpaired) electrons. The van der Waals surface area contributed by atoms with Crippen LogP contribution in [0.4, 0.5) is 16.2 Å². The maximum Gasteiger partial charge on any atom is 0.323 e. The molecule has 0 saturated heterocycles. The molecule has 2 amide bonds. The van der Waals surface area contributed by atoms with E-state index in [0.717, 1.165) is 0 Å². The van der Waals surface area contributed by atoms with Crippen molar-refractivity contribution in [3.05, 3.63) is 79.0 Å². The molecule has 5 N–H and O–H groups in total. The number of nitrogens with one attached hydrogen (secondary N) is 2. The van der Waals surface area contributed by atoms with Crippen molar-refractivity contribution in [2.45, 2.75) is 18.9 Å². The Labute approximate surface area is 219 Å². The molecule has 0 aliphatic carbocycles. The summed E-state index contributed by atoms with van der Waals surface area (Å²) >= 11 is 0. The molecule has 0 fully saturated rings. The summed E-state index contributed by atoms with van der Waals surface area (Å²) in [5, 5.41) is 15.2. The van der Waals surface area contributed by atoms with Gasteiger partial charge in [-0.05, 0) is 61.4 Å². The number of amides is 2. The average molecular weight is 517 g/mol. The molecule has 1 heterocycles. The Morgan fingerprint density at radius 1 is 0.947 bits per heavy atom. The Kier molecular flexibility index (Phi) is 8.57. The van der Waals surface area contributed by atoms with E-state index in [9.17, 15) is 9.59 Å². The lowest BCUT2D eigenvalue weighted by atomic mass is 10.1. The van der Waals surface area contributed by atoms with Crippen molar-refractivity contribution in [2.24, 2.45) is 5.73 Å². The molecule has 4 aromatic rings. The summed E-state index contributed by atoms with van der Waals surface area (Å²) in [4.78, 5) is 27.5. The first-order valence-electron chi connectivity index (χ1n) is 11.9. The van der Waals surface area contributed by atoms with Gasteiger partial charge in [0.05, 0.1) is 19.2 Å². The van der Waals surface area contributed by atoms with Gasteiger partial charge in [-0.3, -0.25) is 9.78 Å². The first-order valence-corrected chi connectivity index (χ1v) is 11.9. The van der Waals surface area contributed by atoms with Crippen molar-refractivity contribution in [2.75, 3.05) is 24.4 Å². The highest BCUT2D eigenvalue weighted by molar-refractivity contribution is 5.99. The number of methoxy groups -OCH3 is 1. The number of benzene rings is 3. The van der Waals surface area contributed by atoms with Crippen LogP contribution in [0.2, 0.25) is 0 Å². The van der Waals surface area contributed by atoms with E-state index in [2.05, 4.69) is 15.6 Å². The van der Waals surface area contributed by atoms with Crippen LogP contribution in [-0.2, 0) is 4.79 Å². The molecule has 0 saturated carbocycles. The number of carbonyl (C=O) groups is 2. The second-order valence-corrected chi connectivity index (χ2v) is 8.34. The number of nitrogens with two attached hydrogens (primary N) is 1. The molecule has 0 aliphatic heterocycles. The van der Waals surface area contributed by atoms with Crippen molar-refractivity contribution < 1.29 is 28.9 Å². The van der Waals surface area contributed by atoms with Crippen LogP contribution in [-0.4, -0.2) is 41.8 Å². The lowest BCUT2D eigenvalue weighted by molar-refractivity contribution is -0.138. The number of anilines is 2. The van der Waals surface area contributed by atoms with Crippen molar-refractivity contribution >= 4 is 34.3 Å². The van der Waals surface area contributed by atoms with Crippen LogP contribution in [0.15, 0.2) is 79.0 Å². The van der Waals surface area contributed by atoms with Crippen molar-refractivity contribution in [3.63, 3.8) is 0 Å². The van der Waals surface area contributed by atoms with Crippen LogP contribution in [0.25, 0.3) is 10.9 Å². The first-order chi connectivity index (χ1) is 18.4. The Bertz CT molecular complexity index is 1400. The molecular weight excluding hydrogens is 488 g/mol. The van der Waals surface area contributed by atoms with Gasteiger partial charge in [0.1, 0.15) is 17.5 Å². The molecule has 1 atom stereocenters. The van der Waals surface area contributed by atoms with E-state index in [1.54, 1.807) is 60.8 Å². The number of para-hydroxylation sites is 1. The fraction of sp³-hybridized carbons (Fsp3) is 0.179. The van der Waals surface area contributed by atoms with E-state index >= 15 is 0 Å². The number of hydrogen-bond donors (Lipinski definition) is 4. The van der Waals surface area contributed by atoms with Crippen LogP contribution >= 0.6 is 0 Å². The van der Waals surface area contributed by atoms with Gasteiger partial charge in [-0.15, -0.1) is 0 Å². The Morgan fingerprint density at radius 3 is 2.34 bits per heavy atom. The summed E-state index contributed by atoms with van der Waals surface area (Å²) in [5.74, 6) is 1.07. The molecule has 10 nitrogen and oxygen atoms in total. The average Bonchev–Trinajstić information content (AvgIpc) is 2.92. The summed E-state index contributed by atoms with van der Waals surface area (Å²) in [6, 6.07) is 20.2. The van der Waals surface area contributed by atoms with Crippen LogP contribution in [0, 0.1) is 0 Å². The van der Waals surface area contributed by atoms with E-state index in [0.29, 0.717) is 58.1 Å². The second kappa shape index (κ2) is 12.4. The lowest BCUT2D eigenvalue weighted by Crippen LogP contribution is -2.30. The monoisotopic (exact) mass is 516 g/mol. The normalized spacial score (nSPS) is 11.4. The maximum absolute atomic E-state index is 12.2. The first kappa shape index (κ1) is 26.2. The number of ether oxygens (including phenoxy) is 3. The zero-order valence-corrected chi connectivity index (χ0v) is 20.7. The van der Waals surface area contributed by atoms with Gasteiger partial charge in [-0.25, -0.2) is 4.79 Å². The zero-order valence-electron chi connectivity index (χ0n) is 20.7. The van der Waals surface area contributed by atoms with E-state index in [-0.39, 0.29) is 12.6 Å². The van der Waals surface area contributed by atoms with Gasteiger partial charge in [-0.1, -0.05) is 18.2 Å². The number of carboxylic acids is 1. The smallest absolute Gasteiger partial charge is 0.323 e. The molecule has 1 aromatic heterocycles. The molecule has 3 aromatic carbocycles. The van der Waals surface area contributed by atoms with E-state index in [1.807, 2.05) is 18.2 Å². The van der Waals surface area contributed by atoms with Crippen LogP contribution in [0.1, 0.15) is 12.8 Å². The predicted molar refractivity (Wildman–Crippen MR) is 144 cm³/mol. The van der Waals surface area contributed by atoms with E-state index < -0.39 is 12.0 Å². The van der Waals surface area contributed by atoms with E-state index in [4.69, 9.17) is 25.1 Å². The highest BCUT2D eigenvalue weighted by Crippen LogP contribution is 2.37.